The smallest absolute Gasteiger partial charge is 0.188 e. The first-order valence-electron chi connectivity index (χ1n) is 10.1. The van der Waals surface area contributed by atoms with Crippen LogP contribution in [0.3, 0.4) is 0 Å². The van der Waals surface area contributed by atoms with Crippen LogP contribution in [0.1, 0.15) is 44.1 Å². The molecule has 1 aliphatic carbocycles. The van der Waals surface area contributed by atoms with Crippen molar-refractivity contribution in [1.29, 1.82) is 0 Å². The lowest BCUT2D eigenvalue weighted by molar-refractivity contribution is 0.191. The predicted molar refractivity (Wildman–Crippen MR) is 127 cm³/mol. The zero-order chi connectivity index (χ0) is 19.5. The molecule has 0 amide bonds. The molecule has 0 unspecified atom stereocenters. The molecular weight excluding hydrogens is 467 g/mol. The molecule has 0 aromatic heterocycles. The van der Waals surface area contributed by atoms with E-state index < -0.39 is 0 Å². The number of methoxy groups -OCH3 is 2. The maximum absolute atomic E-state index is 5.98. The van der Waals surface area contributed by atoms with E-state index in [4.69, 9.17) is 15.2 Å². The van der Waals surface area contributed by atoms with Gasteiger partial charge in [0.1, 0.15) is 0 Å². The van der Waals surface area contributed by atoms with E-state index in [2.05, 4.69) is 22.3 Å². The first-order valence-corrected chi connectivity index (χ1v) is 10.1. The molecule has 6 nitrogen and oxygen atoms in total. The molecule has 0 aliphatic heterocycles. The number of nitrogens with one attached hydrogen (secondary N) is 1. The number of hydrogen-bond donors (Lipinski definition) is 2. The molecule has 0 bridgehead atoms. The second kappa shape index (κ2) is 13.9. The molecule has 28 heavy (non-hydrogen) atoms. The highest BCUT2D eigenvalue weighted by atomic mass is 127. The van der Waals surface area contributed by atoms with Crippen molar-refractivity contribution in [1.82, 2.24) is 10.2 Å². The van der Waals surface area contributed by atoms with Crippen LogP contribution in [0.4, 0.5) is 0 Å². The standard InChI is InChI=1S/C21H36N4O2.HI/c1-25(18-8-5-4-6-9-18)15-7-13-23-21(22)24-14-12-17-10-11-19(26-2)20(16-17)27-3;/h10-11,16,18H,4-9,12-15H2,1-3H3,(H3,22,23,24);1H. The van der Waals surface area contributed by atoms with Crippen LogP contribution in [0.5, 0.6) is 11.5 Å². The number of ether oxygens (including phenoxy) is 2. The second-order valence-corrected chi connectivity index (χ2v) is 7.26. The van der Waals surface area contributed by atoms with Crippen LogP contribution in [0.15, 0.2) is 23.2 Å². The Morgan fingerprint density at radius 1 is 1.18 bits per heavy atom. The SMILES string of the molecule is COc1ccc(CCNC(N)=NCCCN(C)C2CCCCC2)cc1OC.I. The first kappa shape index (κ1) is 24.8. The van der Waals surface area contributed by atoms with E-state index >= 15 is 0 Å². The lowest BCUT2D eigenvalue weighted by Crippen LogP contribution is -2.35. The summed E-state index contributed by atoms with van der Waals surface area (Å²) in [5, 5.41) is 3.19. The highest BCUT2D eigenvalue weighted by Gasteiger charge is 2.17. The molecule has 1 saturated carbocycles. The van der Waals surface area contributed by atoms with Gasteiger partial charge in [-0.25, -0.2) is 0 Å². The Labute approximate surface area is 187 Å². The molecule has 160 valence electrons. The molecule has 3 N–H and O–H groups in total. The Hall–Kier alpha value is -1.22. The Bertz CT molecular complexity index is 592. The Balaban J connectivity index is 0.00000392. The lowest BCUT2D eigenvalue weighted by atomic mass is 9.94. The van der Waals surface area contributed by atoms with Crippen LogP contribution < -0.4 is 20.5 Å². The number of halogens is 1. The van der Waals surface area contributed by atoms with Crippen LogP contribution in [0.2, 0.25) is 0 Å². The molecule has 0 atom stereocenters. The van der Waals surface area contributed by atoms with Gasteiger partial charge < -0.3 is 25.4 Å². The molecule has 1 aromatic carbocycles. The van der Waals surface area contributed by atoms with Crippen molar-refractivity contribution in [3.05, 3.63) is 23.8 Å². The van der Waals surface area contributed by atoms with Crippen molar-refractivity contribution in [2.75, 3.05) is 40.9 Å². The van der Waals surface area contributed by atoms with Gasteiger partial charge in [-0.3, -0.25) is 4.99 Å². The van der Waals surface area contributed by atoms with E-state index in [0.29, 0.717) is 5.96 Å². The summed E-state index contributed by atoms with van der Waals surface area (Å²) in [4.78, 5) is 6.94. The van der Waals surface area contributed by atoms with Crippen LogP contribution in [0.25, 0.3) is 0 Å². The topological polar surface area (TPSA) is 72.1 Å². The fourth-order valence-corrected chi connectivity index (χ4v) is 3.65. The van der Waals surface area contributed by atoms with Crippen molar-refractivity contribution in [3.8, 4) is 11.5 Å². The molecule has 0 saturated heterocycles. The second-order valence-electron chi connectivity index (χ2n) is 7.26. The fourth-order valence-electron chi connectivity index (χ4n) is 3.65. The van der Waals surface area contributed by atoms with E-state index in [1.807, 2.05) is 18.2 Å². The number of benzene rings is 1. The molecule has 1 fully saturated rings. The quantitative estimate of drug-likeness (QED) is 0.221. The highest BCUT2D eigenvalue weighted by Crippen LogP contribution is 2.27. The van der Waals surface area contributed by atoms with Crippen molar-refractivity contribution >= 4 is 29.9 Å². The van der Waals surface area contributed by atoms with E-state index in [9.17, 15) is 0 Å². The van der Waals surface area contributed by atoms with E-state index in [1.165, 1.54) is 37.7 Å². The van der Waals surface area contributed by atoms with Crippen molar-refractivity contribution in [3.63, 3.8) is 0 Å². The number of nitrogens with two attached hydrogens (primary N) is 1. The molecule has 0 spiro atoms. The number of hydrogen-bond acceptors (Lipinski definition) is 4. The van der Waals surface area contributed by atoms with Gasteiger partial charge in [0, 0.05) is 19.1 Å². The number of rotatable bonds is 10. The summed E-state index contributed by atoms with van der Waals surface area (Å²) in [5.41, 5.74) is 7.15. The molecule has 1 aromatic rings. The minimum Gasteiger partial charge on any atom is -0.493 e. The normalized spacial score (nSPS) is 15.2. The summed E-state index contributed by atoms with van der Waals surface area (Å²) in [6.07, 6.45) is 8.75. The molecular formula is C21H37IN4O2. The van der Waals surface area contributed by atoms with Crippen LogP contribution in [-0.2, 0) is 6.42 Å². The van der Waals surface area contributed by atoms with Gasteiger partial charge in [-0.2, -0.15) is 0 Å². The van der Waals surface area contributed by atoms with Crippen molar-refractivity contribution in [2.45, 2.75) is 51.0 Å². The van der Waals surface area contributed by atoms with E-state index in [-0.39, 0.29) is 24.0 Å². The van der Waals surface area contributed by atoms with E-state index in [0.717, 1.165) is 50.0 Å². The van der Waals surface area contributed by atoms with Gasteiger partial charge in [0.25, 0.3) is 0 Å². The summed E-state index contributed by atoms with van der Waals surface area (Å²) in [5.74, 6) is 2.02. The Morgan fingerprint density at radius 2 is 1.89 bits per heavy atom. The average molecular weight is 504 g/mol. The van der Waals surface area contributed by atoms with Crippen LogP contribution in [0, 0.1) is 0 Å². The minimum atomic E-state index is 0. The third-order valence-corrected chi connectivity index (χ3v) is 5.32. The average Bonchev–Trinajstić information content (AvgIpc) is 2.71. The molecule has 1 aliphatic rings. The van der Waals surface area contributed by atoms with Crippen molar-refractivity contribution < 1.29 is 9.47 Å². The summed E-state index contributed by atoms with van der Waals surface area (Å²) < 4.78 is 10.6. The van der Waals surface area contributed by atoms with Gasteiger partial charge in [-0.15, -0.1) is 24.0 Å². The van der Waals surface area contributed by atoms with Gasteiger partial charge in [0.05, 0.1) is 14.2 Å². The number of nitrogens with zero attached hydrogens (tertiary/aromatic N) is 2. The van der Waals surface area contributed by atoms with Gasteiger partial charge in [0.15, 0.2) is 17.5 Å². The summed E-state index contributed by atoms with van der Waals surface area (Å²) in [6, 6.07) is 6.72. The molecule has 7 heteroatoms. The third kappa shape index (κ3) is 8.43. The molecule has 0 radical (unpaired) electrons. The maximum atomic E-state index is 5.98. The fraction of sp³-hybridized carbons (Fsp3) is 0.667. The molecule has 2 rings (SSSR count). The van der Waals surface area contributed by atoms with Gasteiger partial charge in [-0.05, 0) is 57.0 Å². The Kier molecular flexibility index (Phi) is 12.3. The van der Waals surface area contributed by atoms with E-state index in [1.54, 1.807) is 14.2 Å². The third-order valence-electron chi connectivity index (χ3n) is 5.32. The van der Waals surface area contributed by atoms with Gasteiger partial charge in [-0.1, -0.05) is 25.3 Å². The zero-order valence-corrected chi connectivity index (χ0v) is 19.9. The minimum absolute atomic E-state index is 0. The molecule has 0 heterocycles. The summed E-state index contributed by atoms with van der Waals surface area (Å²) >= 11 is 0. The Morgan fingerprint density at radius 3 is 2.57 bits per heavy atom. The summed E-state index contributed by atoms with van der Waals surface area (Å²) in [6.45, 7) is 2.60. The summed E-state index contributed by atoms with van der Waals surface area (Å²) in [7, 11) is 5.53. The highest BCUT2D eigenvalue weighted by molar-refractivity contribution is 14.0. The predicted octanol–water partition coefficient (Wildman–Crippen LogP) is 3.42. The number of guanidine groups is 1. The number of aliphatic imine (C=N–C) groups is 1. The van der Waals surface area contributed by atoms with Crippen LogP contribution >= 0.6 is 24.0 Å². The lowest BCUT2D eigenvalue weighted by Gasteiger charge is -2.30. The monoisotopic (exact) mass is 504 g/mol. The van der Waals surface area contributed by atoms with Gasteiger partial charge >= 0.3 is 0 Å². The first-order chi connectivity index (χ1) is 13.1. The zero-order valence-electron chi connectivity index (χ0n) is 17.6. The van der Waals surface area contributed by atoms with Crippen LogP contribution in [-0.4, -0.2) is 57.8 Å². The van der Waals surface area contributed by atoms with Crippen molar-refractivity contribution in [2.24, 2.45) is 10.7 Å². The largest absolute Gasteiger partial charge is 0.493 e. The van der Waals surface area contributed by atoms with Gasteiger partial charge in [0.2, 0.25) is 0 Å². The maximum Gasteiger partial charge on any atom is 0.188 e.